The van der Waals surface area contributed by atoms with Crippen molar-refractivity contribution in [3.8, 4) is 5.75 Å². The van der Waals surface area contributed by atoms with Gasteiger partial charge in [0.05, 0.1) is 23.9 Å². The predicted molar refractivity (Wildman–Crippen MR) is 75.6 cm³/mol. The number of sulfonamides is 1. The summed E-state index contributed by atoms with van der Waals surface area (Å²) in [5.74, 6) is 0.211. The highest BCUT2D eigenvalue weighted by atomic mass is 32.2. The van der Waals surface area contributed by atoms with Gasteiger partial charge in [-0.25, -0.2) is 13.1 Å². The summed E-state index contributed by atoms with van der Waals surface area (Å²) in [6.45, 7) is 2.16. The Bertz CT molecular complexity index is 573. The second-order valence-electron chi connectivity index (χ2n) is 3.92. The van der Waals surface area contributed by atoms with E-state index < -0.39 is 14.9 Å². The SMILES string of the molecule is CCNS(=O)(=O)CCNc1cc(OC)cc([N+](=O)[O-])c1. The van der Waals surface area contributed by atoms with Gasteiger partial charge in [-0.15, -0.1) is 0 Å². The second-order valence-corrected chi connectivity index (χ2v) is 5.85. The molecular formula is C11H17N3O5S. The standard InChI is InChI=1S/C11H17N3O5S/c1-3-13-20(17,18)5-4-12-9-6-10(14(15)16)8-11(7-9)19-2/h6-8,12-13H,3-5H2,1-2H3. The minimum Gasteiger partial charge on any atom is -0.496 e. The lowest BCUT2D eigenvalue weighted by atomic mass is 10.2. The number of ether oxygens (including phenoxy) is 1. The van der Waals surface area contributed by atoms with E-state index in [1.165, 1.54) is 19.2 Å². The summed E-state index contributed by atoms with van der Waals surface area (Å²) in [6, 6.07) is 4.18. The number of benzene rings is 1. The molecule has 0 atom stereocenters. The quantitative estimate of drug-likeness (QED) is 0.546. The Hall–Kier alpha value is -1.87. The summed E-state index contributed by atoms with van der Waals surface area (Å²) in [4.78, 5) is 10.2. The zero-order chi connectivity index (χ0) is 15.2. The first-order chi connectivity index (χ1) is 9.38. The van der Waals surface area contributed by atoms with Crippen LogP contribution in [0.4, 0.5) is 11.4 Å². The largest absolute Gasteiger partial charge is 0.496 e. The fourth-order valence-corrected chi connectivity index (χ4v) is 2.49. The number of methoxy groups -OCH3 is 1. The minimum absolute atomic E-state index is 0.119. The molecule has 0 aliphatic carbocycles. The van der Waals surface area contributed by atoms with Crippen LogP contribution in [0, 0.1) is 10.1 Å². The van der Waals surface area contributed by atoms with Crippen LogP contribution in [0.3, 0.4) is 0 Å². The maximum atomic E-state index is 11.4. The van der Waals surface area contributed by atoms with Crippen LogP contribution >= 0.6 is 0 Å². The summed E-state index contributed by atoms with van der Waals surface area (Å²) >= 11 is 0. The summed E-state index contributed by atoms with van der Waals surface area (Å²) in [7, 11) is -1.92. The van der Waals surface area contributed by atoms with Gasteiger partial charge in [0.25, 0.3) is 5.69 Å². The van der Waals surface area contributed by atoms with Gasteiger partial charge in [0.2, 0.25) is 10.0 Å². The Morgan fingerprint density at radius 1 is 1.35 bits per heavy atom. The summed E-state index contributed by atoms with van der Waals surface area (Å²) in [5, 5.41) is 13.6. The molecule has 0 amide bonds. The van der Waals surface area contributed by atoms with Crippen LogP contribution in [0.25, 0.3) is 0 Å². The van der Waals surface area contributed by atoms with Crippen LogP contribution < -0.4 is 14.8 Å². The summed E-state index contributed by atoms with van der Waals surface area (Å²) in [6.07, 6.45) is 0. The normalized spacial score (nSPS) is 11.1. The molecule has 0 fully saturated rings. The van der Waals surface area contributed by atoms with Gasteiger partial charge in [0.15, 0.2) is 0 Å². The Morgan fingerprint density at radius 2 is 2.05 bits per heavy atom. The Morgan fingerprint density at radius 3 is 2.60 bits per heavy atom. The molecule has 1 aromatic carbocycles. The van der Waals surface area contributed by atoms with Crippen molar-refractivity contribution in [3.05, 3.63) is 28.3 Å². The van der Waals surface area contributed by atoms with Crippen molar-refractivity contribution in [3.63, 3.8) is 0 Å². The van der Waals surface area contributed by atoms with Crippen LogP contribution in [-0.4, -0.2) is 39.3 Å². The van der Waals surface area contributed by atoms with Crippen LogP contribution in [-0.2, 0) is 10.0 Å². The molecule has 1 rings (SSSR count). The first kappa shape index (κ1) is 16.2. The Labute approximate surface area is 117 Å². The lowest BCUT2D eigenvalue weighted by molar-refractivity contribution is -0.384. The molecule has 0 aliphatic rings. The van der Waals surface area contributed by atoms with Gasteiger partial charge in [0, 0.05) is 30.9 Å². The highest BCUT2D eigenvalue weighted by molar-refractivity contribution is 7.89. The zero-order valence-corrected chi connectivity index (χ0v) is 12.1. The van der Waals surface area contributed by atoms with Crippen molar-refractivity contribution >= 4 is 21.4 Å². The molecule has 8 nitrogen and oxygen atoms in total. The molecule has 0 heterocycles. The molecule has 1 aromatic rings. The number of nitrogens with zero attached hydrogens (tertiary/aromatic N) is 1. The van der Waals surface area contributed by atoms with E-state index in [9.17, 15) is 18.5 Å². The van der Waals surface area contributed by atoms with Gasteiger partial charge in [-0.2, -0.15) is 0 Å². The van der Waals surface area contributed by atoms with Crippen molar-refractivity contribution in [1.82, 2.24) is 4.72 Å². The molecule has 2 N–H and O–H groups in total. The van der Waals surface area contributed by atoms with Crippen molar-refractivity contribution < 1.29 is 18.1 Å². The van der Waals surface area contributed by atoms with Crippen LogP contribution in [0.1, 0.15) is 6.92 Å². The van der Waals surface area contributed by atoms with E-state index in [0.717, 1.165) is 0 Å². The van der Waals surface area contributed by atoms with Gasteiger partial charge in [-0.1, -0.05) is 6.92 Å². The average molecular weight is 303 g/mol. The maximum Gasteiger partial charge on any atom is 0.275 e. The van der Waals surface area contributed by atoms with E-state index in [0.29, 0.717) is 18.0 Å². The second kappa shape index (κ2) is 7.06. The van der Waals surface area contributed by atoms with Crippen LogP contribution in [0.2, 0.25) is 0 Å². The molecule has 0 spiro atoms. The molecule has 0 saturated carbocycles. The molecule has 0 aromatic heterocycles. The highest BCUT2D eigenvalue weighted by Crippen LogP contribution is 2.25. The van der Waals surface area contributed by atoms with Gasteiger partial charge in [-0.3, -0.25) is 10.1 Å². The number of hydrogen-bond acceptors (Lipinski definition) is 6. The fourth-order valence-electron chi connectivity index (χ4n) is 1.53. The third kappa shape index (κ3) is 5.02. The average Bonchev–Trinajstić information content (AvgIpc) is 2.37. The van der Waals surface area contributed by atoms with Gasteiger partial charge in [-0.05, 0) is 0 Å². The molecule has 112 valence electrons. The monoisotopic (exact) mass is 303 g/mol. The van der Waals surface area contributed by atoms with E-state index in [4.69, 9.17) is 4.74 Å². The number of rotatable bonds is 8. The lowest BCUT2D eigenvalue weighted by Gasteiger charge is -2.09. The van der Waals surface area contributed by atoms with E-state index in [1.807, 2.05) is 0 Å². The molecule has 0 saturated heterocycles. The van der Waals surface area contributed by atoms with E-state index in [-0.39, 0.29) is 18.0 Å². The fraction of sp³-hybridized carbons (Fsp3) is 0.455. The third-order valence-corrected chi connectivity index (χ3v) is 3.87. The van der Waals surface area contributed by atoms with Crippen molar-refractivity contribution in [2.24, 2.45) is 0 Å². The van der Waals surface area contributed by atoms with E-state index >= 15 is 0 Å². The number of nitrogens with one attached hydrogen (secondary N) is 2. The highest BCUT2D eigenvalue weighted by Gasteiger charge is 2.11. The topological polar surface area (TPSA) is 111 Å². The van der Waals surface area contributed by atoms with Gasteiger partial charge >= 0.3 is 0 Å². The maximum absolute atomic E-state index is 11.4. The zero-order valence-electron chi connectivity index (χ0n) is 11.3. The summed E-state index contributed by atoms with van der Waals surface area (Å²) in [5.41, 5.74) is 0.309. The first-order valence-corrected chi connectivity index (χ1v) is 7.58. The van der Waals surface area contributed by atoms with Gasteiger partial charge in [0.1, 0.15) is 5.75 Å². The Kier molecular flexibility index (Phi) is 5.71. The lowest BCUT2D eigenvalue weighted by Crippen LogP contribution is -2.29. The predicted octanol–water partition coefficient (Wildman–Crippen LogP) is 0.955. The molecular weight excluding hydrogens is 286 g/mol. The van der Waals surface area contributed by atoms with Crippen molar-refractivity contribution in [2.75, 3.05) is 31.3 Å². The molecule has 0 radical (unpaired) electrons. The summed E-state index contributed by atoms with van der Waals surface area (Å²) < 4.78 is 30.2. The van der Waals surface area contributed by atoms with E-state index in [2.05, 4.69) is 10.0 Å². The molecule has 0 bridgehead atoms. The van der Waals surface area contributed by atoms with E-state index in [1.54, 1.807) is 13.0 Å². The van der Waals surface area contributed by atoms with Crippen molar-refractivity contribution in [2.45, 2.75) is 6.92 Å². The first-order valence-electron chi connectivity index (χ1n) is 5.92. The van der Waals surface area contributed by atoms with Gasteiger partial charge < -0.3 is 10.1 Å². The number of hydrogen-bond donors (Lipinski definition) is 2. The van der Waals surface area contributed by atoms with Crippen molar-refractivity contribution in [1.29, 1.82) is 0 Å². The number of non-ortho nitro benzene ring substituents is 1. The minimum atomic E-state index is -3.32. The molecule has 0 unspecified atom stereocenters. The number of nitro groups is 1. The molecule has 0 aliphatic heterocycles. The molecule has 9 heteroatoms. The van der Waals surface area contributed by atoms with Crippen LogP contribution in [0.5, 0.6) is 5.75 Å². The Balaban J connectivity index is 2.73. The number of anilines is 1. The third-order valence-electron chi connectivity index (χ3n) is 2.40. The molecule has 20 heavy (non-hydrogen) atoms. The number of nitro benzene ring substituents is 1. The smallest absolute Gasteiger partial charge is 0.275 e. The van der Waals surface area contributed by atoms with Crippen LogP contribution in [0.15, 0.2) is 18.2 Å².